The minimum absolute atomic E-state index is 0.0248. The van der Waals surface area contributed by atoms with Crippen LogP contribution in [-0.4, -0.2) is 0 Å². The molecule has 2 atom stereocenters. The van der Waals surface area contributed by atoms with E-state index in [0.717, 1.165) is 0 Å². The quantitative estimate of drug-likeness (QED) is 0.185. The van der Waals surface area contributed by atoms with Gasteiger partial charge >= 0.3 is 259 Å². The summed E-state index contributed by atoms with van der Waals surface area (Å²) >= 11 is -3.04. The summed E-state index contributed by atoms with van der Waals surface area (Å²) in [6.07, 6.45) is 5.26. The van der Waals surface area contributed by atoms with E-state index in [1.54, 1.807) is 22.3 Å². The van der Waals surface area contributed by atoms with Crippen molar-refractivity contribution in [3.8, 4) is 22.3 Å². The third-order valence-electron chi connectivity index (χ3n) is 10.8. The zero-order valence-corrected chi connectivity index (χ0v) is 30.1. The fraction of sp³-hybridized carbons (Fsp3) is 0.317. The topological polar surface area (TPSA) is 0 Å². The third-order valence-corrected chi connectivity index (χ3v) is 25.9. The standard InChI is InChI=1S/C39H38.2CH3.Hf/c1-25(2)27-11-7-13-29(19-27)35-17-9-15-31-21-33(23-37(31)35)39(5,6)34-22-32-16-10-18-36(38(32)24-34)30-14-8-12-28(20-30)26(3)4;;;/h7-26H,1-6H3;2*1H3;. The zero-order valence-electron chi connectivity index (χ0n) is 26.5. The molecule has 0 amide bonds. The van der Waals surface area contributed by atoms with E-state index in [0.29, 0.717) is 19.2 Å². The van der Waals surface area contributed by atoms with Gasteiger partial charge in [-0.3, -0.25) is 0 Å². The van der Waals surface area contributed by atoms with Gasteiger partial charge in [-0.15, -0.1) is 0 Å². The molecule has 4 aromatic carbocycles. The van der Waals surface area contributed by atoms with E-state index in [1.807, 2.05) is 0 Å². The summed E-state index contributed by atoms with van der Waals surface area (Å²) in [5, 5.41) is 0. The fourth-order valence-electron chi connectivity index (χ4n) is 8.46. The van der Waals surface area contributed by atoms with Crippen molar-refractivity contribution in [3.63, 3.8) is 0 Å². The molecular weight excluding hydrogens is 671 g/mol. The average Bonchev–Trinajstić information content (AvgIpc) is 3.58. The monoisotopic (exact) mass is 716 g/mol. The van der Waals surface area contributed by atoms with Crippen LogP contribution < -0.4 is 0 Å². The molecule has 1 aliphatic heterocycles. The second-order valence-corrected chi connectivity index (χ2v) is 31.9. The number of hydrogen-bond acceptors (Lipinski definition) is 0. The summed E-state index contributed by atoms with van der Waals surface area (Å²) in [7, 11) is 0. The van der Waals surface area contributed by atoms with Crippen molar-refractivity contribution in [2.75, 3.05) is 0 Å². The van der Waals surface area contributed by atoms with E-state index in [4.69, 9.17) is 0 Å². The van der Waals surface area contributed by atoms with Gasteiger partial charge in [0, 0.05) is 0 Å². The van der Waals surface area contributed by atoms with Crippen LogP contribution in [0.25, 0.3) is 34.4 Å². The number of hydrogen-bond donors (Lipinski definition) is 0. The minimum atomic E-state index is -3.04. The van der Waals surface area contributed by atoms with E-state index >= 15 is 0 Å². The Hall–Kier alpha value is -2.77. The van der Waals surface area contributed by atoms with Gasteiger partial charge in [0.15, 0.2) is 0 Å². The van der Waals surface area contributed by atoms with Gasteiger partial charge in [-0.25, -0.2) is 0 Å². The Labute approximate surface area is 257 Å². The third kappa shape index (κ3) is 4.10. The molecule has 2 unspecified atom stereocenters. The molecule has 0 spiro atoms. The van der Waals surface area contributed by atoms with Crippen LogP contribution >= 0.6 is 0 Å². The van der Waals surface area contributed by atoms with Crippen LogP contribution in [-0.2, 0) is 20.0 Å². The molecular formula is C41H44Hf. The Kier molecular flexibility index (Phi) is 6.59. The van der Waals surface area contributed by atoms with Gasteiger partial charge in [0.05, 0.1) is 0 Å². The Morgan fingerprint density at radius 3 is 1.38 bits per heavy atom. The number of fused-ring (bicyclic) bond motifs is 6. The first-order valence-electron chi connectivity index (χ1n) is 15.9. The number of rotatable bonds is 4. The molecule has 0 N–H and O–H groups in total. The van der Waals surface area contributed by atoms with Crippen LogP contribution in [0.3, 0.4) is 0 Å². The average molecular weight is 715 g/mol. The van der Waals surface area contributed by atoms with Crippen molar-refractivity contribution < 1.29 is 20.0 Å². The molecule has 7 rings (SSSR count). The molecule has 1 fully saturated rings. The summed E-state index contributed by atoms with van der Waals surface area (Å²) < 4.78 is 6.72. The molecule has 42 heavy (non-hydrogen) atoms. The van der Waals surface area contributed by atoms with Crippen LogP contribution in [0.15, 0.2) is 96.1 Å². The Morgan fingerprint density at radius 2 is 0.976 bits per heavy atom. The summed E-state index contributed by atoms with van der Waals surface area (Å²) in [5.74, 6) is 1.06. The van der Waals surface area contributed by atoms with Gasteiger partial charge in [0.2, 0.25) is 0 Å². The van der Waals surface area contributed by atoms with Crippen molar-refractivity contribution >= 4 is 12.2 Å². The van der Waals surface area contributed by atoms with Gasteiger partial charge in [-0.05, 0) is 0 Å². The molecule has 0 aromatic heterocycles. The zero-order chi connectivity index (χ0) is 29.6. The molecule has 0 nitrogen and oxygen atoms in total. The molecule has 3 aliphatic rings. The second kappa shape index (κ2) is 9.88. The van der Waals surface area contributed by atoms with Gasteiger partial charge in [-0.1, -0.05) is 0 Å². The molecule has 0 saturated carbocycles. The predicted molar refractivity (Wildman–Crippen MR) is 179 cm³/mol. The first kappa shape index (κ1) is 28.0. The summed E-state index contributed by atoms with van der Waals surface area (Å²) in [6, 6.07) is 32.8. The van der Waals surface area contributed by atoms with Gasteiger partial charge in [0.25, 0.3) is 0 Å². The SMILES string of the molecule is CC(C)c1cccc(-c2cccc3c2C=C2[CH]3[Hf]([CH3])([CH3])[CH]3C(=Cc4c(-c5cccc(C(C)C)c5)cccc43)C2(C)C)c1. The van der Waals surface area contributed by atoms with Crippen LogP contribution in [0.1, 0.15) is 94.1 Å². The van der Waals surface area contributed by atoms with Crippen molar-refractivity contribution in [2.45, 2.75) is 70.1 Å². The second-order valence-electron chi connectivity index (χ2n) is 14.7. The van der Waals surface area contributed by atoms with Crippen LogP contribution in [0.2, 0.25) is 9.36 Å². The molecule has 1 heteroatoms. The van der Waals surface area contributed by atoms with Crippen LogP contribution in [0.4, 0.5) is 0 Å². The molecule has 1 heterocycles. The van der Waals surface area contributed by atoms with E-state index in [1.165, 1.54) is 44.5 Å². The number of benzene rings is 4. The predicted octanol–water partition coefficient (Wildman–Crippen LogP) is 12.1. The van der Waals surface area contributed by atoms with Crippen molar-refractivity contribution in [2.24, 2.45) is 5.41 Å². The number of allylic oxidation sites excluding steroid dienone is 2. The van der Waals surface area contributed by atoms with Crippen molar-refractivity contribution in [1.29, 1.82) is 0 Å². The Bertz CT molecular complexity index is 1660. The van der Waals surface area contributed by atoms with Crippen LogP contribution in [0, 0.1) is 5.41 Å². The first-order chi connectivity index (χ1) is 20.0. The normalized spacial score (nSPS) is 21.0. The van der Waals surface area contributed by atoms with E-state index in [2.05, 4.69) is 148 Å². The van der Waals surface area contributed by atoms with E-state index in [9.17, 15) is 0 Å². The molecule has 0 bridgehead atoms. The molecule has 2 aliphatic carbocycles. The van der Waals surface area contributed by atoms with Crippen molar-refractivity contribution in [1.82, 2.24) is 0 Å². The Balaban J connectivity index is 1.39. The van der Waals surface area contributed by atoms with Crippen LogP contribution in [0.5, 0.6) is 0 Å². The molecule has 212 valence electrons. The van der Waals surface area contributed by atoms with E-state index < -0.39 is 20.0 Å². The first-order valence-corrected chi connectivity index (χ1v) is 27.2. The molecule has 1 saturated heterocycles. The fourth-order valence-corrected chi connectivity index (χ4v) is 26.2. The van der Waals surface area contributed by atoms with Crippen molar-refractivity contribution in [3.05, 3.63) is 129 Å². The maximum atomic E-state index is 2.75. The molecule has 0 radical (unpaired) electrons. The van der Waals surface area contributed by atoms with Gasteiger partial charge < -0.3 is 0 Å². The summed E-state index contributed by atoms with van der Waals surface area (Å²) in [5.41, 5.74) is 17.9. The molecule has 4 aromatic rings. The summed E-state index contributed by atoms with van der Waals surface area (Å²) in [4.78, 5) is 0. The Morgan fingerprint density at radius 1 is 0.571 bits per heavy atom. The van der Waals surface area contributed by atoms with Gasteiger partial charge in [-0.2, -0.15) is 0 Å². The summed E-state index contributed by atoms with van der Waals surface area (Å²) in [6.45, 7) is 14.2. The maximum absolute atomic E-state index is 3.04. The van der Waals surface area contributed by atoms with Gasteiger partial charge in [0.1, 0.15) is 0 Å². The van der Waals surface area contributed by atoms with E-state index in [-0.39, 0.29) is 5.41 Å².